The van der Waals surface area contributed by atoms with Crippen molar-refractivity contribution in [1.29, 1.82) is 5.26 Å². The van der Waals surface area contributed by atoms with E-state index in [-0.39, 0.29) is 28.7 Å². The van der Waals surface area contributed by atoms with Crippen LogP contribution in [0, 0.1) is 16.7 Å². The molecule has 0 amide bonds. The number of nitrogens with zero attached hydrogens (tertiary/aromatic N) is 4. The number of anilines is 1. The highest BCUT2D eigenvalue weighted by Gasteiger charge is 2.37. The predicted molar refractivity (Wildman–Crippen MR) is 144 cm³/mol. The summed E-state index contributed by atoms with van der Waals surface area (Å²) < 4.78 is 42.6. The summed E-state index contributed by atoms with van der Waals surface area (Å²) in [5.74, 6) is 0.150. The highest BCUT2D eigenvalue weighted by atomic mass is 79.9. The SMILES string of the molecule is CC1(C)C[C@H](Nc2ncc(C(F)(F)F)c(-c3c[nH]c4c(Br)c(C#N)ccc34)n2)CN(Cc2ccccc2)C1. The van der Waals surface area contributed by atoms with Crippen molar-refractivity contribution in [3.63, 3.8) is 0 Å². The molecular formula is C28H26BrF3N6. The number of rotatable bonds is 5. The fourth-order valence-corrected chi connectivity index (χ4v) is 5.88. The summed E-state index contributed by atoms with van der Waals surface area (Å²) >= 11 is 3.38. The third-order valence-electron chi connectivity index (χ3n) is 6.77. The highest BCUT2D eigenvalue weighted by Crippen LogP contribution is 2.40. The second-order valence-corrected chi connectivity index (χ2v) is 11.3. The summed E-state index contributed by atoms with van der Waals surface area (Å²) in [6, 6.07) is 15.4. The van der Waals surface area contributed by atoms with Crippen molar-refractivity contribution >= 4 is 32.8 Å². The number of nitriles is 1. The molecule has 196 valence electrons. The van der Waals surface area contributed by atoms with Crippen LogP contribution in [-0.2, 0) is 12.7 Å². The summed E-state index contributed by atoms with van der Waals surface area (Å²) in [5, 5.41) is 13.2. The van der Waals surface area contributed by atoms with Gasteiger partial charge in [-0.2, -0.15) is 18.4 Å². The van der Waals surface area contributed by atoms with Crippen LogP contribution in [0.15, 0.2) is 59.3 Å². The van der Waals surface area contributed by atoms with Gasteiger partial charge in [0.25, 0.3) is 0 Å². The topological polar surface area (TPSA) is 80.6 Å². The largest absolute Gasteiger partial charge is 0.419 e. The van der Waals surface area contributed by atoms with Crippen LogP contribution in [0.5, 0.6) is 0 Å². The number of hydrogen-bond acceptors (Lipinski definition) is 5. The summed E-state index contributed by atoms with van der Waals surface area (Å²) in [6.45, 7) is 6.80. The van der Waals surface area contributed by atoms with Crippen molar-refractivity contribution < 1.29 is 13.2 Å². The minimum absolute atomic E-state index is 0.000996. The standard InChI is InChI=1S/C28H26BrF3N6/c1-27(2)10-19(15-38(16-27)14-17-6-4-3-5-7-17)36-26-35-13-22(28(30,31)32)24(37-26)21-12-34-25-20(21)9-8-18(11-33)23(25)29/h3-9,12-13,19,34H,10,14-16H2,1-2H3,(H,35,36,37)/t19-/m0/s1. The number of halogens is 4. The summed E-state index contributed by atoms with van der Waals surface area (Å²) in [4.78, 5) is 13.8. The van der Waals surface area contributed by atoms with Crippen molar-refractivity contribution in [2.24, 2.45) is 5.41 Å². The zero-order valence-electron chi connectivity index (χ0n) is 20.9. The first-order valence-corrected chi connectivity index (χ1v) is 13.0. The Morgan fingerprint density at radius 1 is 1.21 bits per heavy atom. The molecule has 2 N–H and O–H groups in total. The van der Waals surface area contributed by atoms with E-state index in [2.05, 4.69) is 73.1 Å². The van der Waals surface area contributed by atoms with Gasteiger partial charge in [0, 0.05) is 49.0 Å². The van der Waals surface area contributed by atoms with Gasteiger partial charge in [0.05, 0.1) is 21.2 Å². The third kappa shape index (κ3) is 5.40. The summed E-state index contributed by atoms with van der Waals surface area (Å²) in [6.07, 6.45) is -1.48. The van der Waals surface area contributed by atoms with Crippen LogP contribution >= 0.6 is 15.9 Å². The molecule has 1 saturated heterocycles. The lowest BCUT2D eigenvalue weighted by Gasteiger charge is -2.42. The molecule has 0 unspecified atom stereocenters. The minimum atomic E-state index is -4.64. The molecule has 1 aliphatic rings. The second-order valence-electron chi connectivity index (χ2n) is 10.5. The quantitative estimate of drug-likeness (QED) is 0.265. The Hall–Kier alpha value is -3.42. The summed E-state index contributed by atoms with van der Waals surface area (Å²) in [7, 11) is 0. The monoisotopic (exact) mass is 582 g/mol. The lowest BCUT2D eigenvalue weighted by atomic mass is 9.81. The van der Waals surface area contributed by atoms with Crippen molar-refractivity contribution in [2.45, 2.75) is 39.0 Å². The van der Waals surface area contributed by atoms with E-state index < -0.39 is 11.7 Å². The molecular weight excluding hydrogens is 557 g/mol. The molecule has 0 bridgehead atoms. The molecule has 10 heteroatoms. The van der Waals surface area contributed by atoms with Crippen LogP contribution in [-0.4, -0.2) is 39.0 Å². The smallest absolute Gasteiger partial charge is 0.360 e. The summed E-state index contributed by atoms with van der Waals surface area (Å²) in [5.41, 5.74) is 1.28. The van der Waals surface area contributed by atoms with Crippen LogP contribution in [0.1, 0.15) is 37.0 Å². The normalized spacial score (nSPS) is 17.9. The predicted octanol–water partition coefficient (Wildman–Crippen LogP) is 6.99. The van der Waals surface area contributed by atoms with Gasteiger partial charge in [0.2, 0.25) is 5.95 Å². The van der Waals surface area contributed by atoms with Gasteiger partial charge in [-0.3, -0.25) is 4.90 Å². The van der Waals surface area contributed by atoms with Gasteiger partial charge < -0.3 is 10.3 Å². The van der Waals surface area contributed by atoms with Crippen LogP contribution < -0.4 is 5.32 Å². The van der Waals surface area contributed by atoms with E-state index in [0.717, 1.165) is 32.3 Å². The molecule has 38 heavy (non-hydrogen) atoms. The molecule has 0 radical (unpaired) electrons. The Morgan fingerprint density at radius 2 is 1.97 bits per heavy atom. The first-order chi connectivity index (χ1) is 18.0. The van der Waals surface area contributed by atoms with E-state index in [0.29, 0.717) is 20.9 Å². The first-order valence-electron chi connectivity index (χ1n) is 12.2. The van der Waals surface area contributed by atoms with Crippen molar-refractivity contribution in [3.8, 4) is 17.3 Å². The van der Waals surface area contributed by atoms with Crippen LogP contribution in [0.2, 0.25) is 0 Å². The van der Waals surface area contributed by atoms with E-state index in [1.165, 1.54) is 11.8 Å². The minimum Gasteiger partial charge on any atom is -0.360 e. The molecule has 0 spiro atoms. The number of aromatic nitrogens is 3. The van der Waals surface area contributed by atoms with E-state index in [1.807, 2.05) is 18.2 Å². The highest BCUT2D eigenvalue weighted by molar-refractivity contribution is 9.10. The average Bonchev–Trinajstić information content (AvgIpc) is 3.28. The fourth-order valence-electron chi connectivity index (χ4n) is 5.33. The second kappa shape index (κ2) is 10.0. The molecule has 6 nitrogen and oxygen atoms in total. The Bertz CT molecular complexity index is 1510. The number of nitrogens with one attached hydrogen (secondary N) is 2. The molecule has 2 aromatic heterocycles. The van der Waals surface area contributed by atoms with E-state index in [1.54, 1.807) is 12.1 Å². The van der Waals surface area contributed by atoms with Crippen LogP contribution in [0.4, 0.5) is 19.1 Å². The number of aromatic amines is 1. The number of piperidine rings is 1. The maximum absolute atomic E-state index is 14.0. The Labute approximate surface area is 227 Å². The van der Waals surface area contributed by atoms with E-state index >= 15 is 0 Å². The van der Waals surface area contributed by atoms with Gasteiger partial charge in [-0.25, -0.2) is 9.97 Å². The lowest BCUT2D eigenvalue weighted by molar-refractivity contribution is -0.137. The molecule has 1 atom stereocenters. The number of alkyl halides is 3. The van der Waals surface area contributed by atoms with E-state index in [9.17, 15) is 18.4 Å². The number of fused-ring (bicyclic) bond motifs is 1. The van der Waals surface area contributed by atoms with Gasteiger partial charge >= 0.3 is 6.18 Å². The molecule has 3 heterocycles. The molecule has 1 fully saturated rings. The van der Waals surface area contributed by atoms with Crippen LogP contribution in [0.3, 0.4) is 0 Å². The van der Waals surface area contributed by atoms with Crippen molar-refractivity contribution in [3.05, 3.63) is 76.0 Å². The molecule has 1 aliphatic heterocycles. The Balaban J connectivity index is 1.48. The van der Waals surface area contributed by atoms with Gasteiger partial charge in [-0.1, -0.05) is 50.2 Å². The molecule has 0 aliphatic carbocycles. The molecule has 4 aromatic rings. The van der Waals surface area contributed by atoms with Gasteiger partial charge in [-0.15, -0.1) is 0 Å². The van der Waals surface area contributed by atoms with Gasteiger partial charge in [0.15, 0.2) is 0 Å². The Kier molecular flexibility index (Phi) is 6.92. The van der Waals surface area contributed by atoms with Gasteiger partial charge in [-0.05, 0) is 39.4 Å². The number of benzene rings is 2. The van der Waals surface area contributed by atoms with Crippen molar-refractivity contribution in [1.82, 2.24) is 19.9 Å². The lowest BCUT2D eigenvalue weighted by Crippen LogP contribution is -2.49. The molecule has 5 rings (SSSR count). The maximum atomic E-state index is 14.0. The number of likely N-dealkylation sites (tertiary alicyclic amines) is 1. The van der Waals surface area contributed by atoms with E-state index in [4.69, 9.17) is 0 Å². The zero-order valence-corrected chi connectivity index (χ0v) is 22.5. The molecule has 2 aromatic carbocycles. The Morgan fingerprint density at radius 3 is 2.68 bits per heavy atom. The van der Waals surface area contributed by atoms with Gasteiger partial charge in [0.1, 0.15) is 11.6 Å². The number of H-pyrrole nitrogens is 1. The van der Waals surface area contributed by atoms with Crippen molar-refractivity contribution in [2.75, 3.05) is 18.4 Å². The fraction of sp³-hybridized carbons (Fsp3) is 0.321. The average molecular weight is 583 g/mol. The van der Waals surface area contributed by atoms with Crippen LogP contribution in [0.25, 0.3) is 22.2 Å². The molecule has 0 saturated carbocycles. The first kappa shape index (κ1) is 26.2. The zero-order chi connectivity index (χ0) is 27.1. The maximum Gasteiger partial charge on any atom is 0.419 e. The number of hydrogen-bond donors (Lipinski definition) is 2. The third-order valence-corrected chi connectivity index (χ3v) is 7.60.